The number of hydrogen-bond acceptors (Lipinski definition) is 1. The summed E-state index contributed by atoms with van der Waals surface area (Å²) in [5, 5.41) is 2.63. The number of rotatable bonds is 4. The van der Waals surface area contributed by atoms with Crippen molar-refractivity contribution in [2.45, 2.75) is 157 Å². The van der Waals surface area contributed by atoms with Crippen molar-refractivity contribution in [3.8, 4) is 5.75 Å². The summed E-state index contributed by atoms with van der Waals surface area (Å²) >= 11 is 0. The van der Waals surface area contributed by atoms with Crippen LogP contribution in [0.3, 0.4) is 0 Å². The normalized spacial score (nSPS) is 13.9. The van der Waals surface area contributed by atoms with Crippen molar-refractivity contribution in [3.05, 3.63) is 88.0 Å². The topological polar surface area (TPSA) is 9.23 Å². The van der Waals surface area contributed by atoms with Gasteiger partial charge in [0.25, 0.3) is 0 Å². The molecule has 0 fully saturated rings. The maximum Gasteiger partial charge on any atom is 0.151 e. The zero-order valence-electron chi connectivity index (χ0n) is 31.6. The van der Waals surface area contributed by atoms with Gasteiger partial charge in [0, 0.05) is 16.2 Å². The van der Waals surface area contributed by atoms with Crippen molar-refractivity contribution in [2.24, 2.45) is 0 Å². The fourth-order valence-corrected chi connectivity index (χ4v) is 8.02. The molecule has 0 heterocycles. The van der Waals surface area contributed by atoms with Gasteiger partial charge in [0.1, 0.15) is 5.75 Å². The fourth-order valence-electron chi connectivity index (χ4n) is 5.55. The van der Waals surface area contributed by atoms with Crippen LogP contribution in [0.1, 0.15) is 158 Å². The molecule has 44 heavy (non-hydrogen) atoms. The highest BCUT2D eigenvalue weighted by molar-refractivity contribution is 7.69. The second-order valence-corrected chi connectivity index (χ2v) is 20.8. The molecule has 0 radical (unpaired) electrons. The van der Waals surface area contributed by atoms with Crippen molar-refractivity contribution in [3.63, 3.8) is 0 Å². The molecule has 0 spiro atoms. The molecule has 0 aromatic heterocycles. The molecule has 0 saturated heterocycles. The summed E-state index contributed by atoms with van der Waals surface area (Å²) in [6, 6.07) is 21.3. The first-order chi connectivity index (χ1) is 19.6. The molecule has 3 rings (SSSR count). The molecule has 0 amide bonds. The Morgan fingerprint density at radius 2 is 0.659 bits per heavy atom. The van der Waals surface area contributed by atoms with E-state index in [1.54, 1.807) is 0 Å². The summed E-state index contributed by atoms with van der Waals surface area (Å²) in [6.45, 7) is 41.7. The molecule has 0 aliphatic rings. The van der Waals surface area contributed by atoms with Crippen LogP contribution in [-0.2, 0) is 32.5 Å². The number of benzene rings is 3. The van der Waals surface area contributed by atoms with Crippen molar-refractivity contribution in [2.75, 3.05) is 0 Å². The number of hydrogen-bond donors (Lipinski definition) is 0. The Morgan fingerprint density at radius 1 is 0.364 bits per heavy atom. The van der Waals surface area contributed by atoms with E-state index in [0.717, 1.165) is 5.75 Å². The zero-order valence-corrected chi connectivity index (χ0v) is 32.4. The van der Waals surface area contributed by atoms with E-state index in [1.807, 2.05) is 0 Å². The molecule has 0 atom stereocenters. The maximum absolute atomic E-state index is 7.50. The standard InChI is InChI=1S/C42H63OP/c1-37(2,3)28-19-22-34(31(25-28)40(10,11)12)43-44(35-23-20-29(38(4,5)6)26-32(35)41(13,14)15)36-24-21-30(39(7,8)9)27-33(36)42(16,17)18/h19-27H,1-18H3. The molecule has 242 valence electrons. The summed E-state index contributed by atoms with van der Waals surface area (Å²) in [6.07, 6.45) is 0. The van der Waals surface area contributed by atoms with Gasteiger partial charge in [0.05, 0.1) is 0 Å². The first kappa shape index (κ1) is 36.4. The Morgan fingerprint density at radius 3 is 0.955 bits per heavy atom. The lowest BCUT2D eigenvalue weighted by Crippen LogP contribution is -2.32. The molecule has 0 unspecified atom stereocenters. The molecule has 3 aromatic carbocycles. The highest BCUT2D eigenvalue weighted by atomic mass is 31.1. The predicted molar refractivity (Wildman–Crippen MR) is 198 cm³/mol. The van der Waals surface area contributed by atoms with E-state index in [1.165, 1.54) is 44.0 Å². The maximum atomic E-state index is 7.50. The van der Waals surface area contributed by atoms with Gasteiger partial charge in [-0.2, -0.15) is 0 Å². The summed E-state index contributed by atoms with van der Waals surface area (Å²) in [4.78, 5) is 0. The Bertz CT molecular complexity index is 1390. The SMILES string of the molecule is CC(C)(C)c1ccc(OP(c2ccc(C(C)(C)C)cc2C(C)(C)C)c2ccc(C(C)(C)C)cc2C(C)(C)C)c(C(C)(C)C)c1. The van der Waals surface area contributed by atoms with Crippen LogP contribution in [0.2, 0.25) is 0 Å². The lowest BCUT2D eigenvalue weighted by atomic mass is 9.80. The molecule has 3 aromatic rings. The molecular formula is C42H63OP. The van der Waals surface area contributed by atoms with Gasteiger partial charge in [-0.1, -0.05) is 173 Å². The molecule has 1 nitrogen and oxygen atoms in total. The molecule has 0 N–H and O–H groups in total. The van der Waals surface area contributed by atoms with Crippen LogP contribution in [0.4, 0.5) is 0 Å². The highest BCUT2D eigenvalue weighted by Crippen LogP contribution is 2.47. The smallest absolute Gasteiger partial charge is 0.151 e. The van der Waals surface area contributed by atoms with Gasteiger partial charge < -0.3 is 4.52 Å². The summed E-state index contributed by atoms with van der Waals surface area (Å²) in [5.41, 5.74) is 8.13. The van der Waals surface area contributed by atoms with Crippen LogP contribution in [0, 0.1) is 0 Å². The van der Waals surface area contributed by atoms with Gasteiger partial charge >= 0.3 is 0 Å². The van der Waals surface area contributed by atoms with Crippen LogP contribution in [-0.4, -0.2) is 0 Å². The Hall–Kier alpha value is -2.11. The van der Waals surface area contributed by atoms with E-state index >= 15 is 0 Å². The first-order valence-electron chi connectivity index (χ1n) is 16.5. The van der Waals surface area contributed by atoms with E-state index < -0.39 is 8.15 Å². The average Bonchev–Trinajstić information content (AvgIpc) is 2.83. The van der Waals surface area contributed by atoms with Crippen LogP contribution in [0.25, 0.3) is 0 Å². The minimum atomic E-state index is -1.19. The Kier molecular flexibility index (Phi) is 9.85. The van der Waals surface area contributed by atoms with Gasteiger partial charge in [-0.05, 0) is 66.4 Å². The van der Waals surface area contributed by atoms with Crippen molar-refractivity contribution in [1.29, 1.82) is 0 Å². The third-order valence-corrected chi connectivity index (χ3v) is 10.7. The third kappa shape index (κ3) is 8.37. The quantitative estimate of drug-likeness (QED) is 0.266. The largest absolute Gasteiger partial charge is 0.464 e. The zero-order chi connectivity index (χ0) is 33.8. The molecule has 0 saturated carbocycles. The van der Waals surface area contributed by atoms with Crippen molar-refractivity contribution >= 4 is 18.8 Å². The van der Waals surface area contributed by atoms with Crippen LogP contribution >= 0.6 is 8.15 Å². The summed E-state index contributed by atoms with van der Waals surface area (Å²) < 4.78 is 7.50. The Balaban J connectivity index is 2.46. The van der Waals surface area contributed by atoms with Crippen molar-refractivity contribution in [1.82, 2.24) is 0 Å². The minimum Gasteiger partial charge on any atom is -0.464 e. The van der Waals surface area contributed by atoms with E-state index in [9.17, 15) is 0 Å². The van der Waals surface area contributed by atoms with E-state index in [-0.39, 0.29) is 32.5 Å². The lowest BCUT2D eigenvalue weighted by Gasteiger charge is -2.35. The van der Waals surface area contributed by atoms with Crippen LogP contribution in [0.15, 0.2) is 54.6 Å². The molecule has 0 aliphatic carbocycles. The van der Waals surface area contributed by atoms with Gasteiger partial charge in [-0.25, -0.2) is 0 Å². The van der Waals surface area contributed by atoms with E-state index in [0.29, 0.717) is 0 Å². The van der Waals surface area contributed by atoms with Gasteiger partial charge in [0.2, 0.25) is 0 Å². The van der Waals surface area contributed by atoms with E-state index in [4.69, 9.17) is 4.52 Å². The third-order valence-electron chi connectivity index (χ3n) is 8.62. The second-order valence-electron chi connectivity index (χ2n) is 19.1. The first-order valence-corrected chi connectivity index (χ1v) is 17.8. The highest BCUT2D eigenvalue weighted by Gasteiger charge is 2.34. The predicted octanol–water partition coefficient (Wildman–Crippen LogP) is 11.9. The second kappa shape index (κ2) is 11.9. The molecule has 2 heteroatoms. The van der Waals surface area contributed by atoms with Crippen LogP contribution < -0.4 is 15.1 Å². The Labute approximate surface area is 273 Å². The lowest BCUT2D eigenvalue weighted by molar-refractivity contribution is 0.530. The van der Waals surface area contributed by atoms with Crippen molar-refractivity contribution < 1.29 is 4.52 Å². The molecular weight excluding hydrogens is 551 g/mol. The van der Waals surface area contributed by atoms with E-state index in [2.05, 4.69) is 179 Å². The van der Waals surface area contributed by atoms with Gasteiger partial charge in [-0.3, -0.25) is 0 Å². The molecule has 0 aliphatic heterocycles. The van der Waals surface area contributed by atoms with Gasteiger partial charge in [0.15, 0.2) is 8.15 Å². The summed E-state index contributed by atoms with van der Waals surface area (Å²) in [7, 11) is -1.19. The monoisotopic (exact) mass is 614 g/mol. The minimum absolute atomic E-state index is 0.0449. The molecule has 0 bridgehead atoms. The summed E-state index contributed by atoms with van der Waals surface area (Å²) in [5.74, 6) is 0.996. The van der Waals surface area contributed by atoms with Gasteiger partial charge in [-0.15, -0.1) is 0 Å². The fraction of sp³-hybridized carbons (Fsp3) is 0.571. The van der Waals surface area contributed by atoms with Crippen LogP contribution in [0.5, 0.6) is 5.75 Å². The average molecular weight is 615 g/mol.